The summed E-state index contributed by atoms with van der Waals surface area (Å²) in [5.74, 6) is 0.205. The molecule has 6 nitrogen and oxygen atoms in total. The maximum atomic E-state index is 13.4. The molecule has 33 heavy (non-hydrogen) atoms. The first-order valence-corrected chi connectivity index (χ1v) is 12.4. The van der Waals surface area contributed by atoms with Gasteiger partial charge >= 0.3 is 0 Å². The van der Waals surface area contributed by atoms with Gasteiger partial charge in [0.2, 0.25) is 0 Å². The van der Waals surface area contributed by atoms with Gasteiger partial charge in [-0.15, -0.1) is 0 Å². The molecule has 1 atom stereocenters. The maximum Gasteiger partial charge on any atom is 0.287 e. The Labute approximate surface area is 200 Å². The summed E-state index contributed by atoms with van der Waals surface area (Å²) in [7, 11) is 0. The smallest absolute Gasteiger partial charge is 0.287 e. The van der Waals surface area contributed by atoms with Crippen molar-refractivity contribution in [2.24, 2.45) is 5.92 Å². The second-order valence-electron chi connectivity index (χ2n) is 9.53. The summed E-state index contributed by atoms with van der Waals surface area (Å²) in [6.45, 7) is 6.61. The third kappa shape index (κ3) is 5.69. The second kappa shape index (κ2) is 10.9. The average molecular weight is 477 g/mol. The largest absolute Gasteiger partial charge is 0.382 e. The van der Waals surface area contributed by atoms with Crippen molar-refractivity contribution in [3.05, 3.63) is 51.7 Å². The van der Waals surface area contributed by atoms with Gasteiger partial charge in [0.05, 0.1) is 24.5 Å². The maximum absolute atomic E-state index is 13.4. The SMILES string of the molecule is CC(C)N(c1ccc(F)cc1)[C@H]1CC[C@@H](n2ncc(NC[C@H]3CCCOC3)c(Cl)c2=O)CC1. The van der Waals surface area contributed by atoms with Crippen LogP contribution in [0.5, 0.6) is 0 Å². The third-order valence-electron chi connectivity index (χ3n) is 6.87. The molecule has 1 saturated heterocycles. The first kappa shape index (κ1) is 24.0. The van der Waals surface area contributed by atoms with Crippen LogP contribution in [0.2, 0.25) is 5.02 Å². The molecule has 1 aromatic carbocycles. The lowest BCUT2D eigenvalue weighted by molar-refractivity contribution is 0.0595. The van der Waals surface area contributed by atoms with Crippen LogP contribution < -0.4 is 15.8 Å². The molecule has 180 valence electrons. The predicted octanol–water partition coefficient (Wildman–Crippen LogP) is 5.27. The molecule has 1 aliphatic heterocycles. The van der Waals surface area contributed by atoms with Crippen LogP contribution in [-0.4, -0.2) is 41.6 Å². The molecule has 1 aromatic heterocycles. The van der Waals surface area contributed by atoms with E-state index in [4.69, 9.17) is 16.3 Å². The number of halogens is 2. The summed E-state index contributed by atoms with van der Waals surface area (Å²) in [5.41, 5.74) is 1.40. The van der Waals surface area contributed by atoms with E-state index in [1.54, 1.807) is 10.9 Å². The highest BCUT2D eigenvalue weighted by molar-refractivity contribution is 6.32. The van der Waals surface area contributed by atoms with Gasteiger partial charge in [0.25, 0.3) is 5.56 Å². The number of rotatable bonds is 7. The van der Waals surface area contributed by atoms with Crippen molar-refractivity contribution in [1.29, 1.82) is 0 Å². The fourth-order valence-corrected chi connectivity index (χ4v) is 5.38. The molecule has 1 N–H and O–H groups in total. The van der Waals surface area contributed by atoms with Crippen LogP contribution in [-0.2, 0) is 4.74 Å². The molecule has 2 aromatic rings. The summed E-state index contributed by atoms with van der Waals surface area (Å²) < 4.78 is 20.5. The van der Waals surface area contributed by atoms with Crippen molar-refractivity contribution in [2.45, 2.75) is 70.5 Å². The minimum absolute atomic E-state index is 0.0364. The number of aromatic nitrogens is 2. The fourth-order valence-electron chi connectivity index (χ4n) is 5.18. The van der Waals surface area contributed by atoms with Gasteiger partial charge in [-0.05, 0) is 82.6 Å². The van der Waals surface area contributed by atoms with Gasteiger partial charge in [0.1, 0.15) is 10.8 Å². The van der Waals surface area contributed by atoms with Crippen molar-refractivity contribution < 1.29 is 9.13 Å². The summed E-state index contributed by atoms with van der Waals surface area (Å²) in [6, 6.07) is 7.40. The molecule has 2 heterocycles. The number of nitrogens with zero attached hydrogens (tertiary/aromatic N) is 3. The Bertz CT molecular complexity index is 967. The monoisotopic (exact) mass is 476 g/mol. The lowest BCUT2D eigenvalue weighted by atomic mass is 9.89. The van der Waals surface area contributed by atoms with Gasteiger partial charge in [-0.3, -0.25) is 4.79 Å². The van der Waals surface area contributed by atoms with Gasteiger partial charge in [-0.2, -0.15) is 5.10 Å². The molecule has 4 rings (SSSR count). The summed E-state index contributed by atoms with van der Waals surface area (Å²) in [4.78, 5) is 15.3. The Balaban J connectivity index is 1.40. The van der Waals surface area contributed by atoms with Gasteiger partial charge in [0.15, 0.2) is 0 Å². The first-order valence-electron chi connectivity index (χ1n) is 12.1. The molecule has 2 fully saturated rings. The van der Waals surface area contributed by atoms with E-state index in [9.17, 15) is 9.18 Å². The second-order valence-corrected chi connectivity index (χ2v) is 9.90. The molecule has 1 saturated carbocycles. The number of hydrogen-bond acceptors (Lipinski definition) is 5. The van der Waals surface area contributed by atoms with E-state index < -0.39 is 0 Å². The Morgan fingerprint density at radius 2 is 1.94 bits per heavy atom. The van der Waals surface area contributed by atoms with Crippen LogP contribution in [0.15, 0.2) is 35.3 Å². The van der Waals surface area contributed by atoms with E-state index >= 15 is 0 Å². The van der Waals surface area contributed by atoms with E-state index in [-0.39, 0.29) is 22.4 Å². The minimum atomic E-state index is -0.232. The third-order valence-corrected chi connectivity index (χ3v) is 7.23. The Morgan fingerprint density at radius 3 is 2.58 bits per heavy atom. The number of anilines is 2. The lowest BCUT2D eigenvalue weighted by Gasteiger charge is -2.41. The summed E-state index contributed by atoms with van der Waals surface area (Å²) >= 11 is 6.44. The highest BCUT2D eigenvalue weighted by Crippen LogP contribution is 2.34. The van der Waals surface area contributed by atoms with Gasteiger partial charge in [0, 0.05) is 30.9 Å². The van der Waals surface area contributed by atoms with Crippen LogP contribution in [0.1, 0.15) is 58.4 Å². The topological polar surface area (TPSA) is 59.4 Å². The van der Waals surface area contributed by atoms with Crippen LogP contribution in [0.25, 0.3) is 0 Å². The minimum Gasteiger partial charge on any atom is -0.382 e. The zero-order chi connectivity index (χ0) is 23.4. The Hall–Kier alpha value is -2.12. The van der Waals surface area contributed by atoms with Crippen molar-refractivity contribution >= 4 is 23.0 Å². The van der Waals surface area contributed by atoms with E-state index in [0.29, 0.717) is 23.7 Å². The van der Waals surface area contributed by atoms with E-state index in [1.165, 1.54) is 12.1 Å². The van der Waals surface area contributed by atoms with E-state index in [1.807, 2.05) is 12.1 Å². The number of hydrogen-bond donors (Lipinski definition) is 1. The summed E-state index contributed by atoms with van der Waals surface area (Å²) in [5, 5.41) is 7.97. The van der Waals surface area contributed by atoms with Crippen molar-refractivity contribution in [2.75, 3.05) is 30.0 Å². The van der Waals surface area contributed by atoms with E-state index in [2.05, 4.69) is 29.2 Å². The highest BCUT2D eigenvalue weighted by atomic mass is 35.5. The summed E-state index contributed by atoms with van der Waals surface area (Å²) in [6.07, 6.45) is 7.44. The van der Waals surface area contributed by atoms with Crippen LogP contribution in [0.4, 0.5) is 15.8 Å². The normalized spacial score (nSPS) is 23.5. The zero-order valence-electron chi connectivity index (χ0n) is 19.5. The number of nitrogens with one attached hydrogen (secondary N) is 1. The molecular formula is C25H34ClFN4O2. The Morgan fingerprint density at radius 1 is 1.21 bits per heavy atom. The van der Waals surface area contributed by atoms with Gasteiger partial charge < -0.3 is 15.0 Å². The van der Waals surface area contributed by atoms with Crippen LogP contribution in [0, 0.1) is 11.7 Å². The molecule has 0 unspecified atom stereocenters. The molecule has 8 heteroatoms. The van der Waals surface area contributed by atoms with Crippen molar-refractivity contribution in [3.8, 4) is 0 Å². The van der Waals surface area contributed by atoms with Gasteiger partial charge in [-0.1, -0.05) is 11.6 Å². The molecule has 0 amide bonds. The molecule has 0 radical (unpaired) electrons. The number of benzene rings is 1. The quantitative estimate of drug-likeness (QED) is 0.589. The first-order chi connectivity index (χ1) is 15.9. The van der Waals surface area contributed by atoms with Crippen LogP contribution in [0.3, 0.4) is 0 Å². The lowest BCUT2D eigenvalue weighted by Crippen LogP contribution is -2.43. The molecular weight excluding hydrogens is 443 g/mol. The average Bonchev–Trinajstić information content (AvgIpc) is 2.82. The Kier molecular flexibility index (Phi) is 7.91. The molecule has 0 bridgehead atoms. The van der Waals surface area contributed by atoms with Crippen molar-refractivity contribution in [3.63, 3.8) is 0 Å². The predicted molar refractivity (Wildman–Crippen MR) is 131 cm³/mol. The van der Waals surface area contributed by atoms with Crippen LogP contribution >= 0.6 is 11.6 Å². The highest BCUT2D eigenvalue weighted by Gasteiger charge is 2.30. The van der Waals surface area contributed by atoms with E-state index in [0.717, 1.165) is 64.0 Å². The fraction of sp³-hybridized carbons (Fsp3) is 0.600. The molecule has 2 aliphatic rings. The van der Waals surface area contributed by atoms with Crippen molar-refractivity contribution in [1.82, 2.24) is 9.78 Å². The zero-order valence-corrected chi connectivity index (χ0v) is 20.2. The van der Waals surface area contributed by atoms with Gasteiger partial charge in [-0.25, -0.2) is 9.07 Å². The molecule has 0 spiro atoms. The number of ether oxygens (including phenoxy) is 1. The standard InChI is InChI=1S/C25H34ClFN4O2/c1-17(2)30(20-7-5-19(27)6-8-20)21-9-11-22(12-10-21)31-25(32)24(26)23(15-29-31)28-14-18-4-3-13-33-16-18/h5-8,15,17-18,21-22,28H,3-4,9-14,16H2,1-2H3/t18-,21-,22+/m1/s1. The molecule has 1 aliphatic carbocycles.